The van der Waals surface area contributed by atoms with Crippen LogP contribution in [0.25, 0.3) is 0 Å². The van der Waals surface area contributed by atoms with Gasteiger partial charge in [-0.05, 0) is 38.1 Å². The highest BCUT2D eigenvalue weighted by Gasteiger charge is 2.47. The summed E-state index contributed by atoms with van der Waals surface area (Å²) in [7, 11) is 2.19. The molecule has 0 aromatic carbocycles. The molecule has 0 aromatic rings. The molecule has 3 aliphatic rings. The molecular weight excluding hydrogens is 240 g/mol. The van der Waals surface area contributed by atoms with Crippen LogP contribution in [-0.4, -0.2) is 78.4 Å². The van der Waals surface area contributed by atoms with Crippen molar-refractivity contribution < 1.29 is 5.11 Å². The van der Waals surface area contributed by atoms with Gasteiger partial charge >= 0.3 is 0 Å². The maximum absolute atomic E-state index is 10.8. The van der Waals surface area contributed by atoms with Gasteiger partial charge in [-0.15, -0.1) is 0 Å². The second kappa shape index (κ2) is 4.97. The van der Waals surface area contributed by atoms with Crippen molar-refractivity contribution in [2.75, 3.05) is 52.9 Å². The van der Waals surface area contributed by atoms with Gasteiger partial charge in [-0.3, -0.25) is 10.7 Å². The maximum atomic E-state index is 10.8. The molecule has 3 fully saturated rings. The lowest BCUT2D eigenvalue weighted by molar-refractivity contribution is -0.0990. The van der Waals surface area contributed by atoms with E-state index in [0.29, 0.717) is 5.41 Å². The van der Waals surface area contributed by atoms with Gasteiger partial charge < -0.3 is 10.0 Å². The molecule has 0 amide bonds. The lowest BCUT2D eigenvalue weighted by Crippen LogP contribution is -2.60. The summed E-state index contributed by atoms with van der Waals surface area (Å²) in [4.78, 5) is 4.78. The Kier molecular flexibility index (Phi) is 3.60. The van der Waals surface area contributed by atoms with Crippen LogP contribution in [-0.2, 0) is 0 Å². The smallest absolute Gasteiger partial charge is 0.0774 e. The van der Waals surface area contributed by atoms with Crippen molar-refractivity contribution in [1.29, 1.82) is 0 Å². The Morgan fingerprint density at radius 3 is 2.11 bits per heavy atom. The third-order valence-corrected chi connectivity index (χ3v) is 5.38. The Morgan fingerprint density at radius 2 is 1.58 bits per heavy atom. The van der Waals surface area contributed by atoms with Gasteiger partial charge in [-0.2, -0.15) is 0 Å². The normalized spacial score (nSPS) is 32.4. The lowest BCUT2D eigenvalue weighted by atomic mass is 9.64. The van der Waals surface area contributed by atoms with Crippen molar-refractivity contribution in [1.82, 2.24) is 14.8 Å². The molecule has 0 radical (unpaired) electrons. The van der Waals surface area contributed by atoms with Gasteiger partial charge in [0.05, 0.1) is 5.60 Å². The van der Waals surface area contributed by atoms with Crippen molar-refractivity contribution in [2.24, 2.45) is 11.3 Å². The van der Waals surface area contributed by atoms with E-state index in [0.717, 1.165) is 45.6 Å². The van der Waals surface area contributed by atoms with Gasteiger partial charge in [0.2, 0.25) is 0 Å². The van der Waals surface area contributed by atoms with Gasteiger partial charge in [0.15, 0.2) is 0 Å². The van der Waals surface area contributed by atoms with Gasteiger partial charge in [-0.25, -0.2) is 5.01 Å². The van der Waals surface area contributed by atoms with E-state index in [-0.39, 0.29) is 0 Å². The number of hydrogen-bond acceptors (Lipinski definition) is 5. The van der Waals surface area contributed by atoms with E-state index < -0.39 is 5.60 Å². The molecule has 1 aliphatic carbocycles. The first-order valence-corrected chi connectivity index (χ1v) is 7.62. The standard InChI is InChI=1S/C14H28N4O/c1-16-10-13(11-16)2-4-14(19,5-3-13)12-17-6-8-18(15)9-7-17/h19H,2-12,15H2,1H3. The number of nitrogens with two attached hydrogens (primary N) is 1. The summed E-state index contributed by atoms with van der Waals surface area (Å²) >= 11 is 0. The van der Waals surface area contributed by atoms with Crippen LogP contribution in [0.1, 0.15) is 25.7 Å². The Morgan fingerprint density at radius 1 is 1.00 bits per heavy atom. The summed E-state index contributed by atoms with van der Waals surface area (Å²) in [6.07, 6.45) is 4.35. The van der Waals surface area contributed by atoms with E-state index in [1.165, 1.54) is 25.9 Å². The van der Waals surface area contributed by atoms with Gasteiger partial charge in [0.25, 0.3) is 0 Å². The summed E-state index contributed by atoms with van der Waals surface area (Å²) in [5, 5.41) is 12.7. The van der Waals surface area contributed by atoms with Crippen LogP contribution >= 0.6 is 0 Å². The zero-order valence-electron chi connectivity index (χ0n) is 12.1. The number of likely N-dealkylation sites (tertiary alicyclic amines) is 1. The van der Waals surface area contributed by atoms with E-state index in [2.05, 4.69) is 16.8 Å². The lowest BCUT2D eigenvalue weighted by Gasteiger charge is -2.54. The number of hydrazine groups is 1. The third kappa shape index (κ3) is 2.95. The largest absolute Gasteiger partial charge is 0.389 e. The van der Waals surface area contributed by atoms with E-state index in [1.807, 2.05) is 5.01 Å². The Balaban J connectivity index is 1.49. The van der Waals surface area contributed by atoms with Crippen LogP contribution in [0, 0.1) is 5.41 Å². The third-order valence-electron chi connectivity index (χ3n) is 5.38. The monoisotopic (exact) mass is 268 g/mol. The molecule has 3 N–H and O–H groups in total. The number of β-amino-alcohol motifs (C(OH)–C–C–N with tert-alkyl or cyclic N) is 1. The molecule has 0 bridgehead atoms. The van der Waals surface area contributed by atoms with E-state index in [4.69, 9.17) is 5.84 Å². The highest BCUT2D eigenvalue weighted by molar-refractivity contribution is 5.01. The second-order valence-corrected chi connectivity index (χ2v) is 7.21. The fraction of sp³-hybridized carbons (Fsp3) is 1.00. The van der Waals surface area contributed by atoms with E-state index in [1.54, 1.807) is 0 Å². The van der Waals surface area contributed by atoms with Gasteiger partial charge in [-0.1, -0.05) is 0 Å². The molecule has 3 rings (SSSR count). The molecule has 5 nitrogen and oxygen atoms in total. The minimum atomic E-state index is -0.448. The van der Waals surface area contributed by atoms with E-state index >= 15 is 0 Å². The van der Waals surface area contributed by atoms with Crippen molar-refractivity contribution in [3.05, 3.63) is 0 Å². The molecule has 0 aromatic heterocycles. The summed E-state index contributed by atoms with van der Waals surface area (Å²) in [5.41, 5.74) is 0.0904. The highest BCUT2D eigenvalue weighted by Crippen LogP contribution is 2.46. The second-order valence-electron chi connectivity index (χ2n) is 7.21. The summed E-state index contributed by atoms with van der Waals surface area (Å²) in [6, 6.07) is 0. The minimum Gasteiger partial charge on any atom is -0.389 e. The number of rotatable bonds is 2. The fourth-order valence-electron chi connectivity index (χ4n) is 4.16. The molecule has 2 saturated heterocycles. The Labute approximate surface area is 116 Å². The van der Waals surface area contributed by atoms with Gasteiger partial charge in [0, 0.05) is 45.8 Å². The topological polar surface area (TPSA) is 56.0 Å². The zero-order chi connectivity index (χ0) is 13.5. The maximum Gasteiger partial charge on any atom is 0.0774 e. The molecule has 110 valence electrons. The molecule has 2 aliphatic heterocycles. The number of nitrogens with zero attached hydrogens (tertiary/aromatic N) is 3. The first-order chi connectivity index (χ1) is 8.99. The van der Waals surface area contributed by atoms with Crippen molar-refractivity contribution >= 4 is 0 Å². The first-order valence-electron chi connectivity index (χ1n) is 7.62. The predicted molar refractivity (Wildman–Crippen MR) is 75.5 cm³/mol. The quantitative estimate of drug-likeness (QED) is 0.674. The van der Waals surface area contributed by atoms with Crippen LogP contribution in [0.3, 0.4) is 0 Å². The van der Waals surface area contributed by atoms with Crippen molar-refractivity contribution in [3.8, 4) is 0 Å². The van der Waals surface area contributed by atoms with Crippen LogP contribution in [0.15, 0.2) is 0 Å². The average Bonchev–Trinajstić information content (AvgIpc) is 2.34. The number of aliphatic hydroxyl groups is 1. The predicted octanol–water partition coefficient (Wildman–Crippen LogP) is -0.285. The molecule has 19 heavy (non-hydrogen) atoms. The van der Waals surface area contributed by atoms with Crippen molar-refractivity contribution in [3.63, 3.8) is 0 Å². The fourth-order valence-corrected chi connectivity index (χ4v) is 4.16. The van der Waals surface area contributed by atoms with Crippen LogP contribution < -0.4 is 5.84 Å². The SMILES string of the molecule is CN1CC2(CCC(O)(CN3CCN(N)CC3)CC2)C1. The van der Waals surface area contributed by atoms with Crippen LogP contribution in [0.2, 0.25) is 0 Å². The number of piperazine rings is 1. The summed E-state index contributed by atoms with van der Waals surface area (Å²) < 4.78 is 0. The molecule has 2 heterocycles. The molecule has 1 saturated carbocycles. The van der Waals surface area contributed by atoms with Crippen molar-refractivity contribution in [2.45, 2.75) is 31.3 Å². The Hall–Kier alpha value is -0.200. The number of hydrogen-bond donors (Lipinski definition) is 2. The van der Waals surface area contributed by atoms with E-state index in [9.17, 15) is 5.11 Å². The van der Waals surface area contributed by atoms with Gasteiger partial charge in [0.1, 0.15) is 0 Å². The molecule has 1 spiro atoms. The molecule has 0 unspecified atom stereocenters. The summed E-state index contributed by atoms with van der Waals surface area (Å²) in [5.74, 6) is 5.78. The Bertz CT molecular complexity index is 311. The van der Waals surface area contributed by atoms with Crippen LogP contribution in [0.5, 0.6) is 0 Å². The highest BCUT2D eigenvalue weighted by atomic mass is 16.3. The minimum absolute atomic E-state index is 0.448. The average molecular weight is 268 g/mol. The zero-order valence-corrected chi connectivity index (χ0v) is 12.1. The molecular formula is C14H28N4O. The van der Waals surface area contributed by atoms with Crippen LogP contribution in [0.4, 0.5) is 0 Å². The molecule has 0 atom stereocenters. The summed E-state index contributed by atoms with van der Waals surface area (Å²) in [6.45, 7) is 7.13. The molecule has 5 heteroatoms. The first kappa shape index (κ1) is 13.8.